The Morgan fingerprint density at radius 2 is 1.83 bits per heavy atom. The highest BCUT2D eigenvalue weighted by Gasteiger charge is 2.17. The van der Waals surface area contributed by atoms with Crippen LogP contribution in [0.25, 0.3) is 11.3 Å². The highest BCUT2D eigenvalue weighted by Crippen LogP contribution is 2.23. The van der Waals surface area contributed by atoms with Gasteiger partial charge in [-0.3, -0.25) is 14.6 Å². The molecule has 0 saturated carbocycles. The maximum Gasteiger partial charge on any atom is 0.273 e. The van der Waals surface area contributed by atoms with Crippen molar-refractivity contribution in [3.05, 3.63) is 87.3 Å². The van der Waals surface area contributed by atoms with E-state index in [0.717, 1.165) is 22.5 Å². The highest BCUT2D eigenvalue weighted by molar-refractivity contribution is 6.30. The molecular weight excluding hydrogens is 421 g/mol. The predicted molar refractivity (Wildman–Crippen MR) is 119 cm³/mol. The number of aromatic nitrogens is 4. The van der Waals surface area contributed by atoms with Crippen molar-refractivity contribution in [3.8, 4) is 11.3 Å². The Morgan fingerprint density at radius 1 is 1.07 bits per heavy atom. The molecule has 0 atom stereocenters. The molecule has 0 radical (unpaired) electrons. The molecule has 0 bridgehead atoms. The first kappa shape index (κ1) is 20.2. The van der Waals surface area contributed by atoms with Crippen LogP contribution in [0.5, 0.6) is 0 Å². The summed E-state index contributed by atoms with van der Waals surface area (Å²) in [5, 5.41) is 15.9. The fourth-order valence-corrected chi connectivity index (χ4v) is 3.57. The molecule has 4 rings (SSSR count). The molecule has 2 N–H and O–H groups in total. The van der Waals surface area contributed by atoms with Gasteiger partial charge in [0.1, 0.15) is 5.69 Å². The number of carbonyl (C=O) groups excluding carboxylic acids is 1. The van der Waals surface area contributed by atoms with Gasteiger partial charge in [-0.2, -0.15) is 10.2 Å². The monoisotopic (exact) mass is 439 g/mol. The van der Waals surface area contributed by atoms with Gasteiger partial charge in [0.15, 0.2) is 0 Å². The zero-order chi connectivity index (χ0) is 21.3. The molecule has 0 spiro atoms. The van der Waals surface area contributed by atoms with Crippen molar-refractivity contribution in [1.29, 1.82) is 0 Å². The summed E-state index contributed by atoms with van der Waals surface area (Å²) < 4.78 is 1.85. The average Bonchev–Trinajstić information content (AvgIpc) is 3.30. The number of hydrogen-bond acceptors (Lipinski definition) is 3. The van der Waals surface area contributed by atoms with E-state index in [1.54, 1.807) is 18.2 Å². The topological polar surface area (TPSA) is 75.6 Å². The number of amides is 1. The van der Waals surface area contributed by atoms with Gasteiger partial charge in [-0.05, 0) is 49.7 Å². The Balaban J connectivity index is 1.52. The van der Waals surface area contributed by atoms with E-state index in [4.69, 9.17) is 23.2 Å². The first-order valence-corrected chi connectivity index (χ1v) is 10.1. The third kappa shape index (κ3) is 4.25. The zero-order valence-electron chi connectivity index (χ0n) is 16.4. The molecule has 152 valence electrons. The Morgan fingerprint density at radius 3 is 2.57 bits per heavy atom. The predicted octanol–water partition coefficient (Wildman–Crippen LogP) is 5.50. The van der Waals surface area contributed by atoms with Crippen molar-refractivity contribution in [1.82, 2.24) is 20.0 Å². The molecule has 0 unspecified atom stereocenters. The summed E-state index contributed by atoms with van der Waals surface area (Å²) in [5.41, 5.74) is 5.22. The maximum absolute atomic E-state index is 12.8. The van der Waals surface area contributed by atoms with Gasteiger partial charge in [0.2, 0.25) is 0 Å². The normalized spacial score (nSPS) is 10.9. The summed E-state index contributed by atoms with van der Waals surface area (Å²) in [6.07, 6.45) is 0. The van der Waals surface area contributed by atoms with E-state index in [-0.39, 0.29) is 5.91 Å². The summed E-state index contributed by atoms with van der Waals surface area (Å²) in [4.78, 5) is 12.8. The third-order valence-corrected chi connectivity index (χ3v) is 5.29. The number of anilines is 1. The van der Waals surface area contributed by atoms with Crippen molar-refractivity contribution >= 4 is 34.8 Å². The van der Waals surface area contributed by atoms with Gasteiger partial charge in [0.05, 0.1) is 29.3 Å². The lowest BCUT2D eigenvalue weighted by molar-refractivity contribution is 0.102. The molecule has 0 aliphatic rings. The lowest BCUT2D eigenvalue weighted by Gasteiger charge is -2.07. The van der Waals surface area contributed by atoms with Gasteiger partial charge in [-0.25, -0.2) is 0 Å². The minimum absolute atomic E-state index is 0.281. The Bertz CT molecular complexity index is 1210. The van der Waals surface area contributed by atoms with E-state index in [1.807, 2.05) is 54.9 Å². The van der Waals surface area contributed by atoms with Crippen LogP contribution in [0.1, 0.15) is 27.4 Å². The standard InChI is InChI=1S/C22H19Cl2N5O/c1-13-21(14(2)29(28-13)12-15-4-3-5-18(24)10-15)25-22(30)20-11-19(26-27-20)16-6-8-17(23)9-7-16/h3-11H,12H2,1-2H3,(H,25,30)(H,26,27). The van der Waals surface area contributed by atoms with Crippen LogP contribution >= 0.6 is 23.2 Å². The quantitative estimate of drug-likeness (QED) is 0.431. The third-order valence-electron chi connectivity index (χ3n) is 4.80. The van der Waals surface area contributed by atoms with Crippen molar-refractivity contribution in [2.45, 2.75) is 20.4 Å². The molecule has 0 aliphatic heterocycles. The number of aromatic amines is 1. The number of halogens is 2. The molecule has 8 heteroatoms. The van der Waals surface area contributed by atoms with E-state index >= 15 is 0 Å². The zero-order valence-corrected chi connectivity index (χ0v) is 17.9. The van der Waals surface area contributed by atoms with Gasteiger partial charge >= 0.3 is 0 Å². The first-order chi connectivity index (χ1) is 14.4. The van der Waals surface area contributed by atoms with Crippen LogP contribution in [0, 0.1) is 13.8 Å². The Kier molecular flexibility index (Phi) is 5.61. The van der Waals surface area contributed by atoms with Crippen LogP contribution < -0.4 is 5.32 Å². The van der Waals surface area contributed by atoms with E-state index in [0.29, 0.717) is 33.7 Å². The van der Waals surface area contributed by atoms with Crippen molar-refractivity contribution < 1.29 is 4.79 Å². The summed E-state index contributed by atoms with van der Waals surface area (Å²) >= 11 is 12.0. The number of carbonyl (C=O) groups is 1. The number of rotatable bonds is 5. The van der Waals surface area contributed by atoms with Crippen LogP contribution in [0.3, 0.4) is 0 Å². The molecule has 2 aromatic heterocycles. The van der Waals surface area contributed by atoms with E-state index in [9.17, 15) is 4.79 Å². The SMILES string of the molecule is Cc1nn(Cc2cccc(Cl)c2)c(C)c1NC(=O)c1cc(-c2ccc(Cl)cc2)n[nH]1. The average molecular weight is 440 g/mol. The fraction of sp³-hybridized carbons (Fsp3) is 0.136. The minimum Gasteiger partial charge on any atom is -0.318 e. The lowest BCUT2D eigenvalue weighted by Crippen LogP contribution is -2.14. The molecule has 2 heterocycles. The van der Waals surface area contributed by atoms with E-state index < -0.39 is 0 Å². The first-order valence-electron chi connectivity index (χ1n) is 9.32. The van der Waals surface area contributed by atoms with Crippen molar-refractivity contribution in [2.75, 3.05) is 5.32 Å². The number of nitrogens with zero attached hydrogens (tertiary/aromatic N) is 3. The molecule has 30 heavy (non-hydrogen) atoms. The van der Waals surface area contributed by atoms with Crippen LogP contribution in [0.2, 0.25) is 10.0 Å². The van der Waals surface area contributed by atoms with Crippen LogP contribution in [-0.2, 0) is 6.54 Å². The van der Waals surface area contributed by atoms with Gasteiger partial charge < -0.3 is 5.32 Å². The second-order valence-corrected chi connectivity index (χ2v) is 7.83. The van der Waals surface area contributed by atoms with Crippen molar-refractivity contribution in [2.24, 2.45) is 0 Å². The number of nitrogens with one attached hydrogen (secondary N) is 2. The second kappa shape index (κ2) is 8.34. The molecule has 0 aliphatic carbocycles. The van der Waals surface area contributed by atoms with Crippen LogP contribution in [0.4, 0.5) is 5.69 Å². The largest absolute Gasteiger partial charge is 0.318 e. The Labute approximate surface area is 183 Å². The highest BCUT2D eigenvalue weighted by atomic mass is 35.5. The van der Waals surface area contributed by atoms with Gasteiger partial charge in [-0.15, -0.1) is 0 Å². The van der Waals surface area contributed by atoms with E-state index in [1.165, 1.54) is 0 Å². The van der Waals surface area contributed by atoms with Gasteiger partial charge in [-0.1, -0.05) is 47.5 Å². The number of hydrogen-bond donors (Lipinski definition) is 2. The number of H-pyrrole nitrogens is 1. The summed E-state index contributed by atoms with van der Waals surface area (Å²) in [7, 11) is 0. The van der Waals surface area contributed by atoms with Gasteiger partial charge in [0, 0.05) is 15.6 Å². The Hall–Kier alpha value is -3.09. The summed E-state index contributed by atoms with van der Waals surface area (Å²) in [6.45, 7) is 4.35. The summed E-state index contributed by atoms with van der Waals surface area (Å²) in [6, 6.07) is 16.6. The van der Waals surface area contributed by atoms with Crippen LogP contribution in [-0.4, -0.2) is 25.9 Å². The van der Waals surface area contributed by atoms with Gasteiger partial charge in [0.25, 0.3) is 5.91 Å². The lowest BCUT2D eigenvalue weighted by atomic mass is 10.1. The molecule has 1 amide bonds. The summed E-state index contributed by atoms with van der Waals surface area (Å²) in [5.74, 6) is -0.281. The number of aryl methyl sites for hydroxylation is 1. The smallest absolute Gasteiger partial charge is 0.273 e. The minimum atomic E-state index is -0.281. The molecule has 0 saturated heterocycles. The van der Waals surface area contributed by atoms with Crippen molar-refractivity contribution in [3.63, 3.8) is 0 Å². The molecular formula is C22H19Cl2N5O. The fourth-order valence-electron chi connectivity index (χ4n) is 3.23. The molecule has 0 fully saturated rings. The van der Waals surface area contributed by atoms with E-state index in [2.05, 4.69) is 20.6 Å². The van der Waals surface area contributed by atoms with Crippen LogP contribution in [0.15, 0.2) is 54.6 Å². The molecule has 2 aromatic carbocycles. The molecule has 6 nitrogen and oxygen atoms in total. The maximum atomic E-state index is 12.8. The second-order valence-electron chi connectivity index (χ2n) is 6.96. The number of benzene rings is 2. The molecule has 4 aromatic rings.